The summed E-state index contributed by atoms with van der Waals surface area (Å²) >= 11 is 0. The molecule has 0 unspecified atom stereocenters. The number of nitrogens with one attached hydrogen (secondary N) is 2. The van der Waals surface area contributed by atoms with Crippen LogP contribution in [-0.4, -0.2) is 64.5 Å². The van der Waals surface area contributed by atoms with E-state index >= 15 is 0 Å². The van der Waals surface area contributed by atoms with Crippen LogP contribution in [0.25, 0.3) is 0 Å². The highest BCUT2D eigenvalue weighted by Crippen LogP contribution is 2.23. The number of aliphatic hydroxyl groups is 1. The Balaban J connectivity index is 1.92. The molecule has 0 radical (unpaired) electrons. The summed E-state index contributed by atoms with van der Waals surface area (Å²) in [7, 11) is -2.15. The molecule has 3 N–H and O–H groups in total. The summed E-state index contributed by atoms with van der Waals surface area (Å²) in [4.78, 5) is 12.1. The first-order valence-corrected chi connectivity index (χ1v) is 10.4. The first-order chi connectivity index (χ1) is 12.9. The molecule has 152 valence electrons. The van der Waals surface area contributed by atoms with Gasteiger partial charge < -0.3 is 19.9 Å². The molecule has 1 heterocycles. The first kappa shape index (κ1) is 21.8. The number of rotatable bonds is 9. The van der Waals surface area contributed by atoms with Gasteiger partial charge in [-0.25, -0.2) is 13.1 Å². The lowest BCUT2D eigenvalue weighted by molar-refractivity contribution is -0.130. The second-order valence-electron chi connectivity index (χ2n) is 6.64. The van der Waals surface area contributed by atoms with Gasteiger partial charge in [0.2, 0.25) is 15.9 Å². The minimum absolute atomic E-state index is 0.160. The van der Waals surface area contributed by atoms with Crippen LogP contribution >= 0.6 is 0 Å². The van der Waals surface area contributed by atoms with Crippen LogP contribution < -0.4 is 10.0 Å². The zero-order valence-corrected chi connectivity index (χ0v) is 16.5. The largest absolute Gasteiger partial charge is 0.394 e. The fraction of sp³-hybridized carbons (Fsp3) is 0.611. The number of aryl methyl sites for hydroxylation is 1. The Hall–Kier alpha value is -1.52. The Bertz CT molecular complexity index is 707. The SMILES string of the molecule is COCCNC(=O)C[C@@H]1CC[C@H](NS(=O)(=O)c2ccc(C)cc2)[C@@H](CO)O1. The van der Waals surface area contributed by atoms with Crippen molar-refractivity contribution in [1.82, 2.24) is 10.0 Å². The molecule has 1 aliphatic heterocycles. The van der Waals surface area contributed by atoms with E-state index in [0.29, 0.717) is 26.0 Å². The summed E-state index contributed by atoms with van der Waals surface area (Å²) in [6.07, 6.45) is 0.111. The number of benzene rings is 1. The predicted molar refractivity (Wildman–Crippen MR) is 99.8 cm³/mol. The van der Waals surface area contributed by atoms with Crippen molar-refractivity contribution in [3.05, 3.63) is 29.8 Å². The number of sulfonamides is 1. The van der Waals surface area contributed by atoms with Crippen molar-refractivity contribution >= 4 is 15.9 Å². The summed E-state index contributed by atoms with van der Waals surface area (Å²) in [5, 5.41) is 12.3. The molecule has 0 bridgehead atoms. The molecule has 1 aromatic rings. The predicted octanol–water partition coefficient (Wildman–Crippen LogP) is 0.335. The fourth-order valence-electron chi connectivity index (χ4n) is 2.97. The lowest BCUT2D eigenvalue weighted by Gasteiger charge is -2.35. The third kappa shape index (κ3) is 6.54. The summed E-state index contributed by atoms with van der Waals surface area (Å²) in [5.41, 5.74) is 0.967. The van der Waals surface area contributed by atoms with Gasteiger partial charge in [0.15, 0.2) is 0 Å². The van der Waals surface area contributed by atoms with Crippen molar-refractivity contribution in [3.8, 4) is 0 Å². The smallest absolute Gasteiger partial charge is 0.240 e. The first-order valence-electron chi connectivity index (χ1n) is 8.96. The van der Waals surface area contributed by atoms with Crippen molar-refractivity contribution in [3.63, 3.8) is 0 Å². The molecule has 1 fully saturated rings. The highest BCUT2D eigenvalue weighted by atomic mass is 32.2. The van der Waals surface area contributed by atoms with E-state index in [9.17, 15) is 18.3 Å². The van der Waals surface area contributed by atoms with Crippen molar-refractivity contribution in [2.45, 2.75) is 49.3 Å². The van der Waals surface area contributed by atoms with Crippen molar-refractivity contribution in [1.29, 1.82) is 0 Å². The van der Waals surface area contributed by atoms with Crippen molar-refractivity contribution in [2.75, 3.05) is 26.9 Å². The molecule has 0 spiro atoms. The van der Waals surface area contributed by atoms with E-state index < -0.39 is 22.2 Å². The molecule has 0 aliphatic carbocycles. The molecule has 1 saturated heterocycles. The molecule has 0 aromatic heterocycles. The molecular weight excluding hydrogens is 372 g/mol. The van der Waals surface area contributed by atoms with Crippen molar-refractivity contribution < 1.29 is 27.8 Å². The number of amides is 1. The van der Waals surface area contributed by atoms with Gasteiger partial charge in [0, 0.05) is 13.7 Å². The number of ether oxygens (including phenoxy) is 2. The van der Waals surface area contributed by atoms with Crippen LogP contribution in [0.5, 0.6) is 0 Å². The van der Waals surface area contributed by atoms with Gasteiger partial charge >= 0.3 is 0 Å². The number of carbonyl (C=O) groups excluding carboxylic acids is 1. The molecular formula is C18H28N2O6S. The van der Waals surface area contributed by atoms with Crippen LogP contribution in [0.4, 0.5) is 0 Å². The summed E-state index contributed by atoms with van der Waals surface area (Å²) < 4.78 is 38.4. The van der Waals surface area contributed by atoms with E-state index in [1.54, 1.807) is 31.4 Å². The maximum Gasteiger partial charge on any atom is 0.240 e. The van der Waals surface area contributed by atoms with Gasteiger partial charge in [0.1, 0.15) is 0 Å². The van der Waals surface area contributed by atoms with Crippen LogP contribution in [0.1, 0.15) is 24.8 Å². The number of aliphatic hydroxyl groups excluding tert-OH is 1. The Morgan fingerprint density at radius 1 is 1.30 bits per heavy atom. The zero-order chi connectivity index (χ0) is 19.9. The second-order valence-corrected chi connectivity index (χ2v) is 8.36. The maximum absolute atomic E-state index is 12.6. The fourth-order valence-corrected chi connectivity index (χ4v) is 4.27. The summed E-state index contributed by atoms with van der Waals surface area (Å²) in [6, 6.07) is 6.00. The molecule has 1 amide bonds. The zero-order valence-electron chi connectivity index (χ0n) is 15.7. The number of hydrogen-bond donors (Lipinski definition) is 3. The Morgan fingerprint density at radius 2 is 2.00 bits per heavy atom. The molecule has 1 aromatic carbocycles. The average Bonchev–Trinajstić information content (AvgIpc) is 2.63. The minimum atomic E-state index is -3.71. The maximum atomic E-state index is 12.6. The third-order valence-electron chi connectivity index (χ3n) is 4.47. The molecule has 8 nitrogen and oxygen atoms in total. The Morgan fingerprint density at radius 3 is 2.63 bits per heavy atom. The minimum Gasteiger partial charge on any atom is -0.394 e. The van der Waals surface area contributed by atoms with E-state index in [1.807, 2.05) is 6.92 Å². The van der Waals surface area contributed by atoms with E-state index in [0.717, 1.165) is 5.56 Å². The van der Waals surface area contributed by atoms with Crippen LogP contribution in [0.3, 0.4) is 0 Å². The van der Waals surface area contributed by atoms with Crippen LogP contribution in [0.15, 0.2) is 29.2 Å². The highest BCUT2D eigenvalue weighted by Gasteiger charge is 2.34. The van der Waals surface area contributed by atoms with Crippen LogP contribution in [-0.2, 0) is 24.3 Å². The third-order valence-corrected chi connectivity index (χ3v) is 5.98. The van der Waals surface area contributed by atoms with Crippen molar-refractivity contribution in [2.24, 2.45) is 0 Å². The second kappa shape index (κ2) is 10.1. The van der Waals surface area contributed by atoms with E-state index in [-0.39, 0.29) is 29.9 Å². The van der Waals surface area contributed by atoms with E-state index in [2.05, 4.69) is 10.0 Å². The lowest BCUT2D eigenvalue weighted by atomic mass is 9.98. The number of hydrogen-bond acceptors (Lipinski definition) is 6. The van der Waals surface area contributed by atoms with Gasteiger partial charge in [-0.05, 0) is 31.9 Å². The number of carbonyl (C=O) groups is 1. The molecule has 3 atom stereocenters. The van der Waals surface area contributed by atoms with Gasteiger partial charge in [0.05, 0.1) is 42.8 Å². The van der Waals surface area contributed by atoms with Gasteiger partial charge in [-0.2, -0.15) is 0 Å². The monoisotopic (exact) mass is 400 g/mol. The molecule has 1 aliphatic rings. The van der Waals surface area contributed by atoms with E-state index in [1.165, 1.54) is 0 Å². The summed E-state index contributed by atoms with van der Waals surface area (Å²) in [5.74, 6) is -0.160. The topological polar surface area (TPSA) is 114 Å². The lowest BCUT2D eigenvalue weighted by Crippen LogP contribution is -2.51. The molecule has 9 heteroatoms. The van der Waals surface area contributed by atoms with Gasteiger partial charge in [-0.1, -0.05) is 17.7 Å². The number of methoxy groups -OCH3 is 1. The summed E-state index contributed by atoms with van der Waals surface area (Å²) in [6.45, 7) is 2.40. The normalized spacial score (nSPS) is 23.1. The average molecular weight is 400 g/mol. The van der Waals surface area contributed by atoms with Crippen LogP contribution in [0, 0.1) is 6.92 Å². The Labute approximate surface area is 160 Å². The molecule has 27 heavy (non-hydrogen) atoms. The van der Waals surface area contributed by atoms with Gasteiger partial charge in [-0.3, -0.25) is 4.79 Å². The Kier molecular flexibility index (Phi) is 8.18. The van der Waals surface area contributed by atoms with Gasteiger partial charge in [0.25, 0.3) is 0 Å². The van der Waals surface area contributed by atoms with Crippen LogP contribution in [0.2, 0.25) is 0 Å². The van der Waals surface area contributed by atoms with E-state index in [4.69, 9.17) is 9.47 Å². The molecule has 0 saturated carbocycles. The molecule has 2 rings (SSSR count). The van der Waals surface area contributed by atoms with Gasteiger partial charge in [-0.15, -0.1) is 0 Å². The highest BCUT2D eigenvalue weighted by molar-refractivity contribution is 7.89. The quantitative estimate of drug-likeness (QED) is 0.515. The standard InChI is InChI=1S/C18H28N2O6S/c1-13-3-6-15(7-4-13)27(23,24)20-16-8-5-14(26-17(16)12-21)11-18(22)19-9-10-25-2/h3-4,6-7,14,16-17,20-21H,5,8-12H2,1-2H3,(H,19,22)/t14-,16-,17+/m0/s1.